The SMILES string of the molecule is COc1ccc2c(c1O)-c1cc(SCCC(=O)O)cc3c1[C@@H](C2)N(C)CC3. The number of aliphatic carboxylic acids is 1. The van der Waals surface area contributed by atoms with Crippen molar-refractivity contribution >= 4 is 17.7 Å². The average Bonchev–Trinajstić information content (AvgIpc) is 2.64. The van der Waals surface area contributed by atoms with E-state index in [4.69, 9.17) is 9.84 Å². The van der Waals surface area contributed by atoms with Gasteiger partial charge in [-0.2, -0.15) is 0 Å². The first-order valence-electron chi connectivity index (χ1n) is 9.10. The Morgan fingerprint density at radius 3 is 2.89 bits per heavy atom. The zero-order chi connectivity index (χ0) is 19.1. The summed E-state index contributed by atoms with van der Waals surface area (Å²) in [4.78, 5) is 14.3. The smallest absolute Gasteiger partial charge is 0.304 e. The fourth-order valence-corrected chi connectivity index (χ4v) is 5.16. The van der Waals surface area contributed by atoms with E-state index in [1.54, 1.807) is 18.9 Å². The first kappa shape index (κ1) is 18.2. The Bertz CT molecular complexity index is 912. The number of likely N-dealkylation sites (N-methyl/N-ethyl adjacent to an activating group) is 1. The first-order valence-corrected chi connectivity index (χ1v) is 10.1. The maximum absolute atomic E-state index is 10.8. The highest BCUT2D eigenvalue weighted by Gasteiger charge is 2.35. The van der Waals surface area contributed by atoms with Crippen LogP contribution in [0, 0.1) is 0 Å². The van der Waals surface area contributed by atoms with Crippen molar-refractivity contribution in [2.45, 2.75) is 30.2 Å². The lowest BCUT2D eigenvalue weighted by atomic mass is 9.77. The van der Waals surface area contributed by atoms with Crippen molar-refractivity contribution in [3.05, 3.63) is 41.0 Å². The molecule has 6 heteroatoms. The molecule has 2 aliphatic rings. The predicted molar refractivity (Wildman–Crippen MR) is 106 cm³/mol. The minimum Gasteiger partial charge on any atom is -0.504 e. The highest BCUT2D eigenvalue weighted by Crippen LogP contribution is 2.51. The standard InChI is InChI=1S/C21H23NO4S/c1-22-7-5-13-9-14(27-8-6-18(23)24)11-15-19(13)16(22)10-12-3-4-17(26-2)21(25)20(12)15/h3-4,9,11,16,25H,5-8,10H2,1-2H3,(H,23,24)/t16-/m1/s1. The molecule has 0 bridgehead atoms. The van der Waals surface area contributed by atoms with Crippen molar-refractivity contribution in [2.75, 3.05) is 26.5 Å². The van der Waals surface area contributed by atoms with Crippen LogP contribution in [0.2, 0.25) is 0 Å². The van der Waals surface area contributed by atoms with Gasteiger partial charge in [-0.05, 0) is 60.3 Å². The van der Waals surface area contributed by atoms with Gasteiger partial charge in [0, 0.05) is 28.8 Å². The Morgan fingerprint density at radius 2 is 2.15 bits per heavy atom. The van der Waals surface area contributed by atoms with Gasteiger partial charge in [-0.15, -0.1) is 11.8 Å². The topological polar surface area (TPSA) is 70.0 Å². The molecule has 5 nitrogen and oxygen atoms in total. The van der Waals surface area contributed by atoms with Crippen LogP contribution in [-0.2, 0) is 17.6 Å². The van der Waals surface area contributed by atoms with Gasteiger partial charge in [-0.3, -0.25) is 9.69 Å². The lowest BCUT2D eigenvalue weighted by Crippen LogP contribution is -2.35. The predicted octanol–water partition coefficient (Wildman–Crippen LogP) is 3.72. The summed E-state index contributed by atoms with van der Waals surface area (Å²) in [5.74, 6) is 0.426. The van der Waals surface area contributed by atoms with Crippen LogP contribution in [0.4, 0.5) is 0 Å². The van der Waals surface area contributed by atoms with Gasteiger partial charge in [0.05, 0.1) is 13.5 Å². The zero-order valence-corrected chi connectivity index (χ0v) is 16.3. The van der Waals surface area contributed by atoms with Crippen molar-refractivity contribution in [3.63, 3.8) is 0 Å². The molecule has 1 atom stereocenters. The molecule has 2 aromatic rings. The molecule has 1 heterocycles. The van der Waals surface area contributed by atoms with Crippen LogP contribution in [0.15, 0.2) is 29.2 Å². The summed E-state index contributed by atoms with van der Waals surface area (Å²) in [6.45, 7) is 0.998. The maximum Gasteiger partial charge on any atom is 0.304 e. The molecule has 4 rings (SSSR count). The van der Waals surface area contributed by atoms with Crippen molar-refractivity contribution in [2.24, 2.45) is 0 Å². The van der Waals surface area contributed by atoms with E-state index in [0.29, 0.717) is 17.5 Å². The molecule has 142 valence electrons. The Labute approximate surface area is 163 Å². The number of hydrogen-bond acceptors (Lipinski definition) is 5. The Morgan fingerprint density at radius 1 is 1.33 bits per heavy atom. The van der Waals surface area contributed by atoms with Gasteiger partial charge in [-0.25, -0.2) is 0 Å². The molecule has 0 aromatic heterocycles. The van der Waals surface area contributed by atoms with Gasteiger partial charge in [0.2, 0.25) is 0 Å². The summed E-state index contributed by atoms with van der Waals surface area (Å²) < 4.78 is 5.34. The molecule has 2 aromatic carbocycles. The van der Waals surface area contributed by atoms with Crippen LogP contribution >= 0.6 is 11.8 Å². The lowest BCUT2D eigenvalue weighted by molar-refractivity contribution is -0.136. The molecule has 1 aliphatic carbocycles. The van der Waals surface area contributed by atoms with E-state index in [2.05, 4.69) is 24.1 Å². The highest BCUT2D eigenvalue weighted by atomic mass is 32.2. The molecule has 27 heavy (non-hydrogen) atoms. The Kier molecular flexibility index (Phi) is 4.78. The molecule has 0 radical (unpaired) electrons. The minimum absolute atomic E-state index is 0.137. The van der Waals surface area contributed by atoms with E-state index in [-0.39, 0.29) is 12.2 Å². The number of methoxy groups -OCH3 is 1. The fraction of sp³-hybridized carbons (Fsp3) is 0.381. The second kappa shape index (κ2) is 7.09. The molecule has 0 spiro atoms. The number of phenols is 1. The van der Waals surface area contributed by atoms with E-state index in [9.17, 15) is 9.90 Å². The second-order valence-corrected chi connectivity index (χ2v) is 8.31. The van der Waals surface area contributed by atoms with Crippen LogP contribution in [0.25, 0.3) is 11.1 Å². The number of rotatable bonds is 5. The summed E-state index contributed by atoms with van der Waals surface area (Å²) in [5, 5.41) is 19.7. The summed E-state index contributed by atoms with van der Waals surface area (Å²) in [6.07, 6.45) is 1.97. The number of carbonyl (C=O) groups is 1. The number of phenolic OH excluding ortho intramolecular Hbond substituents is 1. The number of nitrogens with zero attached hydrogens (tertiary/aromatic N) is 1. The van der Waals surface area contributed by atoms with E-state index in [1.165, 1.54) is 11.1 Å². The van der Waals surface area contributed by atoms with Crippen LogP contribution in [0.3, 0.4) is 0 Å². The summed E-state index contributed by atoms with van der Waals surface area (Å²) in [7, 11) is 3.72. The monoisotopic (exact) mass is 385 g/mol. The third-order valence-electron chi connectivity index (χ3n) is 5.55. The highest BCUT2D eigenvalue weighted by molar-refractivity contribution is 7.99. The van der Waals surface area contributed by atoms with Crippen LogP contribution < -0.4 is 4.74 Å². The normalized spacial score (nSPS) is 17.9. The second-order valence-electron chi connectivity index (χ2n) is 7.14. The molecule has 0 saturated carbocycles. The number of ether oxygens (including phenoxy) is 1. The minimum atomic E-state index is -0.781. The third-order valence-corrected chi connectivity index (χ3v) is 6.53. The summed E-state index contributed by atoms with van der Waals surface area (Å²) in [5.41, 5.74) is 5.64. The van der Waals surface area contributed by atoms with Gasteiger partial charge < -0.3 is 14.9 Å². The van der Waals surface area contributed by atoms with E-state index in [1.807, 2.05) is 12.1 Å². The van der Waals surface area contributed by atoms with Crippen molar-refractivity contribution in [1.29, 1.82) is 0 Å². The quantitative estimate of drug-likeness (QED) is 0.765. The van der Waals surface area contributed by atoms with Crippen molar-refractivity contribution in [1.82, 2.24) is 4.90 Å². The van der Waals surface area contributed by atoms with Gasteiger partial charge in [0.15, 0.2) is 11.5 Å². The lowest BCUT2D eigenvalue weighted by Gasteiger charge is -2.40. The van der Waals surface area contributed by atoms with Crippen LogP contribution in [-0.4, -0.2) is 47.5 Å². The van der Waals surface area contributed by atoms with E-state index >= 15 is 0 Å². The summed E-state index contributed by atoms with van der Waals surface area (Å²) in [6, 6.07) is 8.49. The number of thioether (sulfide) groups is 1. The van der Waals surface area contributed by atoms with Gasteiger partial charge in [-0.1, -0.05) is 6.07 Å². The molecule has 1 aliphatic heterocycles. The molecule has 0 fully saturated rings. The largest absolute Gasteiger partial charge is 0.504 e. The fourth-order valence-electron chi connectivity index (χ4n) is 4.22. The number of benzene rings is 2. The Hall–Kier alpha value is -2.18. The van der Waals surface area contributed by atoms with Gasteiger partial charge in [0.1, 0.15) is 0 Å². The maximum atomic E-state index is 10.8. The Balaban J connectivity index is 1.85. The van der Waals surface area contributed by atoms with E-state index < -0.39 is 5.97 Å². The number of carboxylic acid groups (broad SMARTS) is 1. The van der Waals surface area contributed by atoms with Crippen molar-refractivity contribution in [3.8, 4) is 22.6 Å². The average molecular weight is 385 g/mol. The molecular formula is C21H23NO4S. The number of aromatic hydroxyl groups is 1. The van der Waals surface area contributed by atoms with E-state index in [0.717, 1.165) is 41.0 Å². The third kappa shape index (κ3) is 3.17. The first-order chi connectivity index (χ1) is 13.0. The number of fused-ring (bicyclic) bond motifs is 2. The molecule has 0 amide bonds. The molecule has 0 saturated heterocycles. The van der Waals surface area contributed by atoms with Gasteiger partial charge >= 0.3 is 5.97 Å². The molecule has 2 N–H and O–H groups in total. The summed E-state index contributed by atoms with van der Waals surface area (Å²) >= 11 is 1.56. The zero-order valence-electron chi connectivity index (χ0n) is 15.5. The number of carboxylic acids is 1. The van der Waals surface area contributed by atoms with Crippen LogP contribution in [0.5, 0.6) is 11.5 Å². The molecular weight excluding hydrogens is 362 g/mol. The van der Waals surface area contributed by atoms with Crippen LogP contribution in [0.1, 0.15) is 29.2 Å². The number of hydrogen-bond donors (Lipinski definition) is 2. The van der Waals surface area contributed by atoms with Gasteiger partial charge in [0.25, 0.3) is 0 Å². The van der Waals surface area contributed by atoms with Crippen molar-refractivity contribution < 1.29 is 19.7 Å². The molecule has 0 unspecified atom stereocenters.